The lowest BCUT2D eigenvalue weighted by molar-refractivity contribution is -0.0759. The summed E-state index contributed by atoms with van der Waals surface area (Å²) < 4.78 is 38.3. The maximum Gasteiger partial charge on any atom is 0.280 e. The highest BCUT2D eigenvalue weighted by Gasteiger charge is 2.19. The summed E-state index contributed by atoms with van der Waals surface area (Å²) in [6.07, 6.45) is 0. The number of hydrogen-bond acceptors (Lipinski definition) is 4. The van der Waals surface area contributed by atoms with E-state index in [1.54, 1.807) is 14.2 Å². The smallest absolute Gasteiger partial charge is 0.280 e. The summed E-state index contributed by atoms with van der Waals surface area (Å²) >= 11 is 0. The highest BCUT2D eigenvalue weighted by atomic mass is 19.2. The molecule has 0 fully saturated rings. The van der Waals surface area contributed by atoms with Crippen LogP contribution < -0.4 is 5.48 Å². The first-order valence-corrected chi connectivity index (χ1v) is 5.05. The Bertz CT molecular complexity index is 428. The van der Waals surface area contributed by atoms with E-state index in [0.717, 1.165) is 0 Å². The molecule has 1 N–H and O–H groups in total. The molecular weight excluding hydrogens is 265 g/mol. The monoisotopic (exact) mass is 280 g/mol. The molecule has 5 nitrogen and oxygen atoms in total. The highest BCUT2D eigenvalue weighted by Crippen LogP contribution is 2.15. The van der Waals surface area contributed by atoms with E-state index >= 15 is 0 Å². The van der Waals surface area contributed by atoms with Crippen LogP contribution in [0.4, 0.5) is 13.2 Å². The predicted molar refractivity (Wildman–Crippen MR) is 61.5 cm³/mol. The van der Waals surface area contributed by atoms with Crippen LogP contribution in [0.25, 0.3) is 0 Å². The molecule has 0 bridgehead atoms. The molecule has 19 heavy (non-hydrogen) atoms. The molecule has 0 aromatic heterocycles. The zero-order valence-corrected chi connectivity index (χ0v) is 11.0. The molecule has 0 saturated carbocycles. The van der Waals surface area contributed by atoms with Crippen molar-refractivity contribution >= 4 is 5.91 Å². The summed E-state index contributed by atoms with van der Waals surface area (Å²) in [7, 11) is 5.69. The van der Waals surface area contributed by atoms with Crippen molar-refractivity contribution in [2.45, 2.75) is 0 Å². The van der Waals surface area contributed by atoms with Crippen molar-refractivity contribution in [3.8, 4) is 0 Å². The second kappa shape index (κ2) is 8.46. The van der Waals surface area contributed by atoms with Gasteiger partial charge in [-0.3, -0.25) is 9.63 Å². The van der Waals surface area contributed by atoms with E-state index < -0.39 is 28.9 Å². The summed E-state index contributed by atoms with van der Waals surface area (Å²) in [5.41, 5.74) is 1.85. The molecule has 0 heterocycles. The number of hydrogen-bond donors (Lipinski definition) is 1. The van der Waals surface area contributed by atoms with E-state index in [4.69, 9.17) is 0 Å². The number of nitrogens with zero attached hydrogens (tertiary/aromatic N) is 1. The van der Waals surface area contributed by atoms with Crippen LogP contribution in [0.2, 0.25) is 0 Å². The lowest BCUT2D eigenvalue weighted by atomic mass is 10.2. The number of benzene rings is 1. The van der Waals surface area contributed by atoms with Gasteiger partial charge in [0.2, 0.25) is 0 Å². The Morgan fingerprint density at radius 1 is 1.16 bits per heavy atom. The third kappa shape index (κ3) is 5.25. The van der Waals surface area contributed by atoms with Gasteiger partial charge in [0.1, 0.15) is 5.82 Å². The Morgan fingerprint density at radius 2 is 1.63 bits per heavy atom. The van der Waals surface area contributed by atoms with Crippen molar-refractivity contribution in [3.63, 3.8) is 0 Å². The third-order valence-electron chi connectivity index (χ3n) is 2.00. The van der Waals surface area contributed by atoms with Gasteiger partial charge in [0.15, 0.2) is 11.6 Å². The molecule has 8 heteroatoms. The highest BCUT2D eigenvalue weighted by molar-refractivity contribution is 5.93. The maximum atomic E-state index is 13.1. The number of carbonyl (C=O) groups excluding carboxylic acids is 1. The Hall–Kier alpha value is -1.64. The van der Waals surface area contributed by atoms with Crippen LogP contribution in [0, 0.1) is 17.5 Å². The van der Waals surface area contributed by atoms with Crippen LogP contribution in [0.5, 0.6) is 0 Å². The third-order valence-corrected chi connectivity index (χ3v) is 2.00. The average molecular weight is 280 g/mol. The number of hydroxylamine groups is 3. The first kappa shape index (κ1) is 17.4. The Morgan fingerprint density at radius 3 is 2.05 bits per heavy atom. The number of nitrogens with one attached hydrogen (secondary N) is 1. The summed E-state index contributed by atoms with van der Waals surface area (Å²) in [4.78, 5) is 20.1. The zero-order valence-electron chi connectivity index (χ0n) is 11.0. The standard InChI is InChI=1S/C9H8F3NO2.C2H7NO/c1-13(15-2)9(14)5-3-7(11)8(12)4-6(5)10;1-3-4-2/h3-4H,1-2H3;3H,1-2H3. The molecule has 0 spiro atoms. The van der Waals surface area contributed by atoms with Gasteiger partial charge >= 0.3 is 0 Å². The molecule has 0 unspecified atom stereocenters. The lowest BCUT2D eigenvalue weighted by Gasteiger charge is -2.13. The minimum absolute atomic E-state index is 0.312. The molecule has 1 amide bonds. The first-order valence-electron chi connectivity index (χ1n) is 5.05. The number of carbonyl (C=O) groups is 1. The quantitative estimate of drug-likeness (QED) is 0.673. The van der Waals surface area contributed by atoms with Crippen LogP contribution in [0.3, 0.4) is 0 Å². The van der Waals surface area contributed by atoms with Crippen molar-refractivity contribution in [1.29, 1.82) is 0 Å². The van der Waals surface area contributed by atoms with Crippen LogP contribution >= 0.6 is 0 Å². The van der Waals surface area contributed by atoms with Crippen molar-refractivity contribution < 1.29 is 27.6 Å². The van der Waals surface area contributed by atoms with Gasteiger partial charge in [0.05, 0.1) is 19.8 Å². The van der Waals surface area contributed by atoms with E-state index in [9.17, 15) is 18.0 Å². The minimum atomic E-state index is -1.34. The van der Waals surface area contributed by atoms with Crippen LogP contribution in [0.15, 0.2) is 12.1 Å². The van der Waals surface area contributed by atoms with E-state index in [1.165, 1.54) is 14.2 Å². The van der Waals surface area contributed by atoms with E-state index in [2.05, 4.69) is 15.2 Å². The predicted octanol–water partition coefficient (Wildman–Crippen LogP) is 1.50. The average Bonchev–Trinajstić information content (AvgIpc) is 2.41. The fraction of sp³-hybridized carbons (Fsp3) is 0.364. The first-order chi connectivity index (χ1) is 8.88. The number of halogens is 3. The fourth-order valence-electron chi connectivity index (χ4n) is 0.939. The molecule has 0 aliphatic rings. The van der Waals surface area contributed by atoms with Gasteiger partial charge in [-0.15, -0.1) is 0 Å². The van der Waals surface area contributed by atoms with Crippen LogP contribution in [-0.4, -0.2) is 39.3 Å². The Balaban J connectivity index is 0.000000711. The van der Waals surface area contributed by atoms with Gasteiger partial charge < -0.3 is 4.84 Å². The van der Waals surface area contributed by atoms with Crippen LogP contribution in [-0.2, 0) is 9.68 Å². The molecule has 0 atom stereocenters. The van der Waals surface area contributed by atoms with Gasteiger partial charge in [-0.2, -0.15) is 0 Å². The van der Waals surface area contributed by atoms with Crippen LogP contribution in [0.1, 0.15) is 10.4 Å². The summed E-state index contributed by atoms with van der Waals surface area (Å²) in [5, 5.41) is 0.704. The van der Waals surface area contributed by atoms with Crippen molar-refractivity contribution in [1.82, 2.24) is 10.5 Å². The second-order valence-electron chi connectivity index (χ2n) is 3.14. The van der Waals surface area contributed by atoms with Gasteiger partial charge in [0, 0.05) is 20.2 Å². The summed E-state index contributed by atoms with van der Waals surface area (Å²) in [6.45, 7) is 0. The molecule has 1 aromatic carbocycles. The molecule has 0 aliphatic heterocycles. The van der Waals surface area contributed by atoms with Gasteiger partial charge in [-0.25, -0.2) is 23.7 Å². The number of rotatable bonds is 3. The fourth-order valence-corrected chi connectivity index (χ4v) is 0.939. The van der Waals surface area contributed by atoms with E-state index in [0.29, 0.717) is 17.2 Å². The molecule has 1 aromatic rings. The normalized spacial score (nSPS) is 9.63. The van der Waals surface area contributed by atoms with Crippen molar-refractivity contribution in [2.75, 3.05) is 28.3 Å². The minimum Gasteiger partial charge on any atom is -0.305 e. The van der Waals surface area contributed by atoms with Crippen molar-refractivity contribution in [3.05, 3.63) is 35.1 Å². The maximum absolute atomic E-state index is 13.1. The Labute approximate surface area is 108 Å². The SMILES string of the molecule is CNOC.CON(C)C(=O)c1cc(F)c(F)cc1F. The largest absolute Gasteiger partial charge is 0.305 e. The molecular formula is C11H15F3N2O3. The summed E-state index contributed by atoms with van der Waals surface area (Å²) in [6, 6.07) is 0.800. The number of amides is 1. The molecule has 0 saturated heterocycles. The Kier molecular flexibility index (Phi) is 7.73. The topological polar surface area (TPSA) is 50.8 Å². The van der Waals surface area contributed by atoms with Gasteiger partial charge in [-0.05, 0) is 6.07 Å². The second-order valence-corrected chi connectivity index (χ2v) is 3.14. The molecule has 1 rings (SSSR count). The van der Waals surface area contributed by atoms with Gasteiger partial charge in [-0.1, -0.05) is 0 Å². The van der Waals surface area contributed by atoms with E-state index in [-0.39, 0.29) is 0 Å². The van der Waals surface area contributed by atoms with Crippen molar-refractivity contribution in [2.24, 2.45) is 0 Å². The van der Waals surface area contributed by atoms with E-state index in [1.807, 2.05) is 0 Å². The summed E-state index contributed by atoms with van der Waals surface area (Å²) in [5.74, 6) is -4.66. The molecule has 0 radical (unpaired) electrons. The van der Waals surface area contributed by atoms with Gasteiger partial charge in [0.25, 0.3) is 5.91 Å². The molecule has 108 valence electrons. The zero-order chi connectivity index (χ0) is 15.0. The lowest BCUT2D eigenvalue weighted by Crippen LogP contribution is -2.26. The molecule has 0 aliphatic carbocycles.